The second-order valence-electron chi connectivity index (χ2n) is 8.19. The number of hydrogen-bond donors (Lipinski definition) is 2. The van der Waals surface area contributed by atoms with Gasteiger partial charge in [0.2, 0.25) is 5.91 Å². The number of guanidine groups is 1. The maximum atomic E-state index is 12.5. The predicted molar refractivity (Wildman–Crippen MR) is 128 cm³/mol. The number of nitrogens with one attached hydrogen (secondary N) is 2. The van der Waals surface area contributed by atoms with Crippen LogP contribution >= 0.6 is 24.0 Å². The van der Waals surface area contributed by atoms with E-state index in [1.165, 1.54) is 38.5 Å². The molecule has 1 unspecified atom stereocenters. The van der Waals surface area contributed by atoms with Crippen LogP contribution in [0.2, 0.25) is 0 Å². The number of hydrogen-bond acceptors (Lipinski definition) is 3. The van der Waals surface area contributed by atoms with Gasteiger partial charge in [-0.3, -0.25) is 14.7 Å². The Balaban J connectivity index is 0.00000392. The van der Waals surface area contributed by atoms with Gasteiger partial charge in [-0.2, -0.15) is 0 Å². The second-order valence-corrected chi connectivity index (χ2v) is 8.19. The van der Waals surface area contributed by atoms with Crippen molar-refractivity contribution in [2.75, 3.05) is 46.3 Å². The van der Waals surface area contributed by atoms with E-state index in [4.69, 9.17) is 0 Å². The normalized spacial score (nSPS) is 20.0. The summed E-state index contributed by atoms with van der Waals surface area (Å²) in [6.07, 6.45) is 9.69. The van der Waals surface area contributed by atoms with Crippen molar-refractivity contribution in [1.29, 1.82) is 0 Å². The largest absolute Gasteiger partial charge is 0.355 e. The Morgan fingerprint density at radius 3 is 2.43 bits per heavy atom. The molecule has 0 spiro atoms. The van der Waals surface area contributed by atoms with Crippen LogP contribution in [0.25, 0.3) is 0 Å². The lowest BCUT2D eigenvalue weighted by Gasteiger charge is -2.36. The summed E-state index contributed by atoms with van der Waals surface area (Å²) in [6, 6.07) is 0.452. The van der Waals surface area contributed by atoms with Gasteiger partial charge in [0.05, 0.1) is 0 Å². The van der Waals surface area contributed by atoms with Gasteiger partial charge in [0.25, 0.3) is 0 Å². The molecule has 1 atom stereocenters. The SMILES string of the molecule is CCCCCC(C)NC(=NC)NCCN1CCN(C(=O)C2CCCC2)CC1.I. The minimum atomic E-state index is 0. The smallest absolute Gasteiger partial charge is 0.225 e. The van der Waals surface area contributed by atoms with Crippen LogP contribution in [0.5, 0.6) is 0 Å². The van der Waals surface area contributed by atoms with E-state index in [9.17, 15) is 4.79 Å². The average Bonchev–Trinajstić information content (AvgIpc) is 3.22. The molecule has 1 amide bonds. The van der Waals surface area contributed by atoms with Crippen LogP contribution in [0.4, 0.5) is 0 Å². The fraction of sp³-hybridized carbons (Fsp3) is 0.905. The molecule has 164 valence electrons. The highest BCUT2D eigenvalue weighted by Gasteiger charge is 2.29. The first kappa shape index (κ1) is 25.5. The topological polar surface area (TPSA) is 60.0 Å². The lowest BCUT2D eigenvalue weighted by Crippen LogP contribution is -2.52. The van der Waals surface area contributed by atoms with E-state index in [0.29, 0.717) is 17.9 Å². The molecule has 28 heavy (non-hydrogen) atoms. The summed E-state index contributed by atoms with van der Waals surface area (Å²) >= 11 is 0. The van der Waals surface area contributed by atoms with Crippen molar-refractivity contribution < 1.29 is 4.79 Å². The number of halogens is 1. The summed E-state index contributed by atoms with van der Waals surface area (Å²) < 4.78 is 0. The molecule has 0 aromatic heterocycles. The number of rotatable bonds is 9. The molecule has 2 N–H and O–H groups in total. The minimum Gasteiger partial charge on any atom is -0.355 e. The summed E-state index contributed by atoms with van der Waals surface area (Å²) in [4.78, 5) is 21.4. The van der Waals surface area contributed by atoms with Crippen molar-refractivity contribution in [2.45, 2.75) is 71.3 Å². The minimum absolute atomic E-state index is 0. The Labute approximate surface area is 189 Å². The Morgan fingerprint density at radius 2 is 1.82 bits per heavy atom. The molecule has 7 heteroatoms. The number of unbranched alkanes of at least 4 members (excludes halogenated alkanes) is 2. The molecule has 2 fully saturated rings. The molecule has 1 saturated heterocycles. The van der Waals surface area contributed by atoms with Crippen molar-refractivity contribution in [3.63, 3.8) is 0 Å². The zero-order valence-electron chi connectivity index (χ0n) is 18.2. The first-order chi connectivity index (χ1) is 13.1. The molecule has 0 bridgehead atoms. The molecule has 0 aromatic carbocycles. The number of carbonyl (C=O) groups is 1. The number of amides is 1. The zero-order valence-corrected chi connectivity index (χ0v) is 20.5. The van der Waals surface area contributed by atoms with E-state index in [1.807, 2.05) is 7.05 Å². The molecule has 6 nitrogen and oxygen atoms in total. The van der Waals surface area contributed by atoms with Crippen LogP contribution in [0, 0.1) is 5.92 Å². The predicted octanol–water partition coefficient (Wildman–Crippen LogP) is 3.07. The third-order valence-electron chi connectivity index (χ3n) is 5.96. The molecule has 0 radical (unpaired) electrons. The fourth-order valence-corrected chi connectivity index (χ4v) is 4.16. The van der Waals surface area contributed by atoms with Crippen molar-refractivity contribution in [3.8, 4) is 0 Å². The highest BCUT2D eigenvalue weighted by Crippen LogP contribution is 2.26. The lowest BCUT2D eigenvalue weighted by atomic mass is 10.1. The maximum absolute atomic E-state index is 12.5. The third-order valence-corrected chi connectivity index (χ3v) is 5.96. The maximum Gasteiger partial charge on any atom is 0.225 e. The molecule has 1 aliphatic heterocycles. The van der Waals surface area contributed by atoms with E-state index >= 15 is 0 Å². The van der Waals surface area contributed by atoms with Gasteiger partial charge in [-0.15, -0.1) is 24.0 Å². The number of nitrogens with zero attached hydrogens (tertiary/aromatic N) is 3. The van der Waals surface area contributed by atoms with E-state index < -0.39 is 0 Å². The quantitative estimate of drug-likeness (QED) is 0.218. The Hall–Kier alpha value is -0.570. The molecule has 0 aromatic rings. The van der Waals surface area contributed by atoms with Gasteiger partial charge < -0.3 is 15.5 Å². The summed E-state index contributed by atoms with van der Waals surface area (Å²) in [5.74, 6) is 1.62. The summed E-state index contributed by atoms with van der Waals surface area (Å²) in [5.41, 5.74) is 0. The fourth-order valence-electron chi connectivity index (χ4n) is 4.16. The summed E-state index contributed by atoms with van der Waals surface area (Å²) in [5, 5.41) is 6.92. The van der Waals surface area contributed by atoms with Gasteiger partial charge in [-0.25, -0.2) is 0 Å². The number of aliphatic imine (C=N–C) groups is 1. The van der Waals surface area contributed by atoms with Gasteiger partial charge in [0.1, 0.15) is 0 Å². The van der Waals surface area contributed by atoms with E-state index in [1.54, 1.807) is 0 Å². The number of carbonyl (C=O) groups excluding carboxylic acids is 1. The van der Waals surface area contributed by atoms with Gasteiger partial charge in [0, 0.05) is 58.3 Å². The van der Waals surface area contributed by atoms with E-state index in [2.05, 4.69) is 39.3 Å². The van der Waals surface area contributed by atoms with Crippen molar-refractivity contribution >= 4 is 35.8 Å². The van der Waals surface area contributed by atoms with Gasteiger partial charge in [-0.05, 0) is 26.2 Å². The Bertz CT molecular complexity index is 460. The van der Waals surface area contributed by atoms with Crippen LogP contribution in [0.1, 0.15) is 65.2 Å². The lowest BCUT2D eigenvalue weighted by molar-refractivity contribution is -0.137. The summed E-state index contributed by atoms with van der Waals surface area (Å²) in [7, 11) is 1.83. The van der Waals surface area contributed by atoms with Crippen LogP contribution in [-0.2, 0) is 4.79 Å². The highest BCUT2D eigenvalue weighted by atomic mass is 127. The van der Waals surface area contributed by atoms with E-state index in [-0.39, 0.29) is 24.0 Å². The molecule has 1 heterocycles. The van der Waals surface area contributed by atoms with E-state index in [0.717, 1.165) is 58.1 Å². The van der Waals surface area contributed by atoms with Crippen LogP contribution in [0.15, 0.2) is 4.99 Å². The molecule has 2 rings (SSSR count). The first-order valence-corrected chi connectivity index (χ1v) is 11.1. The third kappa shape index (κ3) is 8.84. The van der Waals surface area contributed by atoms with Crippen molar-refractivity contribution in [2.24, 2.45) is 10.9 Å². The Kier molecular flexibility index (Phi) is 13.1. The van der Waals surface area contributed by atoms with Gasteiger partial charge in [-0.1, -0.05) is 39.0 Å². The van der Waals surface area contributed by atoms with Gasteiger partial charge in [0.15, 0.2) is 5.96 Å². The monoisotopic (exact) mass is 507 g/mol. The molecule has 1 saturated carbocycles. The highest BCUT2D eigenvalue weighted by molar-refractivity contribution is 14.0. The van der Waals surface area contributed by atoms with Crippen LogP contribution in [-0.4, -0.2) is 74.0 Å². The zero-order chi connectivity index (χ0) is 19.5. The van der Waals surface area contributed by atoms with Crippen LogP contribution in [0.3, 0.4) is 0 Å². The van der Waals surface area contributed by atoms with Crippen molar-refractivity contribution in [1.82, 2.24) is 20.4 Å². The molecular weight excluding hydrogens is 465 g/mol. The molecular formula is C21H42IN5O. The van der Waals surface area contributed by atoms with Crippen LogP contribution < -0.4 is 10.6 Å². The standard InChI is InChI=1S/C21H41N5O.HI/c1-4-5-6-9-18(2)24-21(22-3)23-12-13-25-14-16-26(17-15-25)20(27)19-10-7-8-11-19;/h18-19H,4-17H2,1-3H3,(H2,22,23,24);1H. The van der Waals surface area contributed by atoms with Crippen molar-refractivity contribution in [3.05, 3.63) is 0 Å². The molecule has 1 aliphatic carbocycles. The average molecular weight is 508 g/mol. The summed E-state index contributed by atoms with van der Waals surface area (Å²) in [6.45, 7) is 10.1. The first-order valence-electron chi connectivity index (χ1n) is 11.1. The second kappa shape index (κ2) is 14.4. The molecule has 2 aliphatic rings. The van der Waals surface area contributed by atoms with Gasteiger partial charge >= 0.3 is 0 Å². The Morgan fingerprint density at radius 1 is 1.14 bits per heavy atom. The number of piperazine rings is 1.